The maximum Gasteiger partial charge on any atom is 0.195 e. The third kappa shape index (κ3) is 4.95. The topological polar surface area (TPSA) is 70.7 Å². The Morgan fingerprint density at radius 1 is 1.14 bits per heavy atom. The highest BCUT2D eigenvalue weighted by Gasteiger charge is 2.11. The lowest BCUT2D eigenvalue weighted by Gasteiger charge is -2.14. The number of nitrogens with one attached hydrogen (secondary N) is 3. The van der Waals surface area contributed by atoms with Gasteiger partial charge in [-0.2, -0.15) is 0 Å². The molecule has 0 bridgehead atoms. The van der Waals surface area contributed by atoms with E-state index in [1.54, 1.807) is 7.05 Å². The van der Waals surface area contributed by atoms with Gasteiger partial charge in [0.25, 0.3) is 0 Å². The van der Waals surface area contributed by atoms with Crippen LogP contribution in [0.2, 0.25) is 0 Å². The summed E-state index contributed by atoms with van der Waals surface area (Å²) in [5, 5.41) is 8.02. The van der Waals surface area contributed by atoms with Gasteiger partial charge in [0.05, 0.1) is 13.2 Å². The van der Waals surface area contributed by atoms with E-state index in [1.165, 1.54) is 22.0 Å². The van der Waals surface area contributed by atoms with Crippen LogP contribution in [0.3, 0.4) is 0 Å². The lowest BCUT2D eigenvalue weighted by Crippen LogP contribution is -2.32. The lowest BCUT2D eigenvalue weighted by atomic mass is 10.1. The molecule has 0 atom stereocenters. The van der Waals surface area contributed by atoms with Gasteiger partial charge in [0.15, 0.2) is 17.5 Å². The molecule has 0 amide bonds. The van der Waals surface area contributed by atoms with Crippen LogP contribution < -0.4 is 20.1 Å². The van der Waals surface area contributed by atoms with Gasteiger partial charge in [-0.3, -0.25) is 4.99 Å². The summed E-state index contributed by atoms with van der Waals surface area (Å²) in [6, 6.07) is 12.2. The monoisotopic (exact) mass is 506 g/mol. The third-order valence-electron chi connectivity index (χ3n) is 4.92. The summed E-state index contributed by atoms with van der Waals surface area (Å²) in [5.74, 6) is 2.29. The van der Waals surface area contributed by atoms with Crippen molar-refractivity contribution in [1.29, 1.82) is 0 Å². The molecule has 0 unspecified atom stereocenters. The number of hydrogen-bond acceptors (Lipinski definition) is 3. The molecule has 7 heteroatoms. The number of anilines is 1. The molecule has 3 N–H and O–H groups in total. The van der Waals surface area contributed by atoms with Crippen LogP contribution in [-0.4, -0.2) is 37.7 Å². The summed E-state index contributed by atoms with van der Waals surface area (Å²) in [4.78, 5) is 7.68. The van der Waals surface area contributed by atoms with E-state index in [2.05, 4.69) is 51.9 Å². The maximum absolute atomic E-state index is 5.76. The minimum Gasteiger partial charge on any atom is -0.490 e. The number of aromatic nitrogens is 1. The van der Waals surface area contributed by atoms with Gasteiger partial charge in [0.2, 0.25) is 0 Å². The summed E-state index contributed by atoms with van der Waals surface area (Å²) in [5.41, 5.74) is 4.71. The number of rotatable bonds is 4. The summed E-state index contributed by atoms with van der Waals surface area (Å²) in [7, 11) is 1.77. The van der Waals surface area contributed by atoms with Crippen molar-refractivity contribution in [3.63, 3.8) is 0 Å². The molecular formula is C22H27IN4O2. The van der Waals surface area contributed by atoms with Gasteiger partial charge in [-0.05, 0) is 42.7 Å². The van der Waals surface area contributed by atoms with Crippen molar-refractivity contribution in [2.45, 2.75) is 19.8 Å². The number of aliphatic imine (C=N–C) groups is 1. The third-order valence-corrected chi connectivity index (χ3v) is 4.92. The van der Waals surface area contributed by atoms with E-state index in [-0.39, 0.29) is 24.0 Å². The van der Waals surface area contributed by atoms with Crippen LogP contribution in [0.25, 0.3) is 10.9 Å². The molecule has 0 aliphatic carbocycles. The standard InChI is InChI=1S/C22H26N4O2.HI/c1-15-5-3-6-18-21(15)16(14-25-18)9-10-24-22(23-2)26-17-7-8-19-20(13-17)28-12-4-11-27-19;/h3,5-8,13-14,25H,4,9-12H2,1-2H3,(H2,23,24,26);1H. The first-order valence-corrected chi connectivity index (χ1v) is 9.67. The van der Waals surface area contributed by atoms with Crippen LogP contribution in [-0.2, 0) is 6.42 Å². The SMILES string of the molecule is CN=C(NCCc1c[nH]c2cccc(C)c12)Nc1ccc2c(c1)OCCCO2.I. The van der Waals surface area contributed by atoms with E-state index in [1.807, 2.05) is 18.2 Å². The molecule has 0 saturated carbocycles. The van der Waals surface area contributed by atoms with Crippen molar-refractivity contribution < 1.29 is 9.47 Å². The predicted molar refractivity (Wildman–Crippen MR) is 129 cm³/mol. The van der Waals surface area contributed by atoms with Crippen molar-refractivity contribution in [1.82, 2.24) is 10.3 Å². The number of ether oxygens (including phenoxy) is 2. The largest absolute Gasteiger partial charge is 0.490 e. The van der Waals surface area contributed by atoms with Crippen LogP contribution >= 0.6 is 24.0 Å². The van der Waals surface area contributed by atoms with E-state index in [0.29, 0.717) is 13.2 Å². The number of nitrogens with zero attached hydrogens (tertiary/aromatic N) is 1. The lowest BCUT2D eigenvalue weighted by molar-refractivity contribution is 0.297. The first-order chi connectivity index (χ1) is 13.7. The Labute approximate surface area is 188 Å². The molecule has 4 rings (SSSR count). The molecule has 0 radical (unpaired) electrons. The van der Waals surface area contributed by atoms with Crippen LogP contribution in [0.15, 0.2) is 47.6 Å². The molecule has 0 spiro atoms. The fraction of sp³-hybridized carbons (Fsp3) is 0.318. The minimum absolute atomic E-state index is 0. The second kappa shape index (κ2) is 9.87. The van der Waals surface area contributed by atoms with Gasteiger partial charge in [-0.15, -0.1) is 24.0 Å². The first kappa shape index (κ1) is 21.3. The fourth-order valence-electron chi connectivity index (χ4n) is 3.52. The highest BCUT2D eigenvalue weighted by molar-refractivity contribution is 14.0. The van der Waals surface area contributed by atoms with Crippen molar-refractivity contribution in [2.75, 3.05) is 32.1 Å². The number of aromatic amines is 1. The second-order valence-corrected chi connectivity index (χ2v) is 6.90. The summed E-state index contributed by atoms with van der Waals surface area (Å²) in [6.45, 7) is 4.30. The van der Waals surface area contributed by atoms with Crippen LogP contribution in [0.4, 0.5) is 5.69 Å². The summed E-state index contributed by atoms with van der Waals surface area (Å²) < 4.78 is 11.4. The normalized spacial score (nSPS) is 13.5. The van der Waals surface area contributed by atoms with Gasteiger partial charge in [0.1, 0.15) is 0 Å². The predicted octanol–water partition coefficient (Wildman–Crippen LogP) is 4.49. The first-order valence-electron chi connectivity index (χ1n) is 9.67. The van der Waals surface area contributed by atoms with Gasteiger partial charge in [-0.25, -0.2) is 0 Å². The second-order valence-electron chi connectivity index (χ2n) is 6.90. The molecule has 2 heterocycles. The number of benzene rings is 2. The molecule has 3 aromatic rings. The molecule has 0 saturated heterocycles. The molecule has 2 aromatic carbocycles. The number of hydrogen-bond donors (Lipinski definition) is 3. The van der Waals surface area contributed by atoms with Crippen molar-refractivity contribution >= 4 is 46.5 Å². The molecule has 1 aromatic heterocycles. The Hall–Kier alpha value is -2.42. The number of aryl methyl sites for hydroxylation is 1. The van der Waals surface area contributed by atoms with Gasteiger partial charge in [0, 0.05) is 48.9 Å². The molecule has 1 aliphatic heterocycles. The van der Waals surface area contributed by atoms with Gasteiger partial charge >= 0.3 is 0 Å². The zero-order valence-electron chi connectivity index (χ0n) is 16.7. The zero-order chi connectivity index (χ0) is 19.3. The van der Waals surface area contributed by atoms with Crippen LogP contribution in [0.5, 0.6) is 11.5 Å². The minimum atomic E-state index is 0. The Morgan fingerprint density at radius 2 is 1.97 bits per heavy atom. The van der Waals surface area contributed by atoms with E-state index in [4.69, 9.17) is 9.47 Å². The van der Waals surface area contributed by atoms with E-state index in [0.717, 1.165) is 42.5 Å². The van der Waals surface area contributed by atoms with Crippen molar-refractivity contribution in [2.24, 2.45) is 4.99 Å². The van der Waals surface area contributed by atoms with Crippen LogP contribution in [0, 0.1) is 6.92 Å². The summed E-state index contributed by atoms with van der Waals surface area (Å²) in [6.07, 6.45) is 3.90. The number of fused-ring (bicyclic) bond motifs is 2. The summed E-state index contributed by atoms with van der Waals surface area (Å²) >= 11 is 0. The Bertz CT molecular complexity index is 1000. The quantitative estimate of drug-likeness (QED) is 0.277. The van der Waals surface area contributed by atoms with Crippen molar-refractivity contribution in [3.8, 4) is 11.5 Å². The van der Waals surface area contributed by atoms with E-state index >= 15 is 0 Å². The molecule has 0 fully saturated rings. The number of guanidine groups is 1. The van der Waals surface area contributed by atoms with E-state index in [9.17, 15) is 0 Å². The van der Waals surface area contributed by atoms with E-state index < -0.39 is 0 Å². The smallest absolute Gasteiger partial charge is 0.195 e. The zero-order valence-corrected chi connectivity index (χ0v) is 19.1. The molecule has 29 heavy (non-hydrogen) atoms. The molecule has 154 valence electrons. The average molecular weight is 506 g/mol. The Morgan fingerprint density at radius 3 is 2.79 bits per heavy atom. The van der Waals surface area contributed by atoms with Gasteiger partial charge in [-0.1, -0.05) is 12.1 Å². The van der Waals surface area contributed by atoms with Crippen LogP contribution in [0.1, 0.15) is 17.5 Å². The number of H-pyrrole nitrogens is 1. The highest BCUT2D eigenvalue weighted by atomic mass is 127. The maximum atomic E-state index is 5.76. The van der Waals surface area contributed by atoms with Crippen molar-refractivity contribution in [3.05, 3.63) is 53.7 Å². The average Bonchev–Trinajstić information content (AvgIpc) is 2.98. The molecule has 1 aliphatic rings. The fourth-order valence-corrected chi connectivity index (χ4v) is 3.52. The molecular weight excluding hydrogens is 479 g/mol. The Kier molecular flexibility index (Phi) is 7.24. The van der Waals surface area contributed by atoms with Gasteiger partial charge < -0.3 is 25.1 Å². The number of halogens is 1. The highest BCUT2D eigenvalue weighted by Crippen LogP contribution is 2.32. The Balaban J connectivity index is 0.00000240. The molecule has 6 nitrogen and oxygen atoms in total.